The Bertz CT molecular complexity index is 207. The molecule has 7 heteroatoms. The second kappa shape index (κ2) is 23.7. The van der Waals surface area contributed by atoms with E-state index in [9.17, 15) is 0 Å². The number of nitrogens with one attached hydrogen (secondary N) is 5. The lowest BCUT2D eigenvalue weighted by Gasteiger charge is -2.08. The van der Waals surface area contributed by atoms with Gasteiger partial charge in [-0.05, 0) is 117 Å². The molecule has 0 aromatic rings. The summed E-state index contributed by atoms with van der Waals surface area (Å²) in [5, 5.41) is 17.3. The Kier molecular flexibility index (Phi) is 23.5. The van der Waals surface area contributed by atoms with Crippen LogP contribution in [0.15, 0.2) is 0 Å². The zero-order valence-corrected chi connectivity index (χ0v) is 16.4. The third kappa shape index (κ3) is 23.7. The summed E-state index contributed by atoms with van der Waals surface area (Å²) in [7, 11) is 0. The fourth-order valence-electron chi connectivity index (χ4n) is 2.43. The van der Waals surface area contributed by atoms with Crippen molar-refractivity contribution >= 4 is 0 Å². The predicted molar refractivity (Wildman–Crippen MR) is 110 cm³/mol. The zero-order valence-electron chi connectivity index (χ0n) is 16.4. The van der Waals surface area contributed by atoms with Crippen molar-refractivity contribution in [2.45, 2.75) is 38.5 Å². The maximum atomic E-state index is 5.45. The van der Waals surface area contributed by atoms with Crippen molar-refractivity contribution in [1.29, 1.82) is 0 Å². The van der Waals surface area contributed by atoms with Crippen molar-refractivity contribution in [1.82, 2.24) is 26.6 Å². The quantitative estimate of drug-likeness (QED) is 0.127. The van der Waals surface area contributed by atoms with E-state index in [-0.39, 0.29) is 0 Å². The molecule has 0 unspecified atom stereocenters. The molecule has 0 atom stereocenters. The van der Waals surface area contributed by atoms with Gasteiger partial charge in [-0.3, -0.25) is 0 Å². The Morgan fingerprint density at radius 3 is 0.720 bits per heavy atom. The Morgan fingerprint density at radius 1 is 0.320 bits per heavy atom. The van der Waals surface area contributed by atoms with Gasteiger partial charge >= 0.3 is 0 Å². The van der Waals surface area contributed by atoms with Crippen LogP contribution in [0, 0.1) is 0 Å². The normalized spacial score (nSPS) is 11.3. The first-order chi connectivity index (χ1) is 12.4. The summed E-state index contributed by atoms with van der Waals surface area (Å²) in [5.74, 6) is 0. The molecule has 0 spiro atoms. The summed E-state index contributed by atoms with van der Waals surface area (Å²) >= 11 is 0. The van der Waals surface area contributed by atoms with Gasteiger partial charge in [-0.2, -0.15) is 0 Å². The van der Waals surface area contributed by atoms with Crippen molar-refractivity contribution < 1.29 is 0 Å². The summed E-state index contributed by atoms with van der Waals surface area (Å²) in [6.07, 6.45) is 6.91. The number of hydrogen-bond acceptors (Lipinski definition) is 7. The summed E-state index contributed by atoms with van der Waals surface area (Å²) in [6, 6.07) is 0. The largest absolute Gasteiger partial charge is 0.330 e. The van der Waals surface area contributed by atoms with E-state index in [0.717, 1.165) is 91.4 Å². The summed E-state index contributed by atoms with van der Waals surface area (Å²) < 4.78 is 0. The molecule has 7 nitrogen and oxygen atoms in total. The lowest BCUT2D eigenvalue weighted by Crippen LogP contribution is -2.28. The highest BCUT2D eigenvalue weighted by Crippen LogP contribution is 1.80. The van der Waals surface area contributed by atoms with Gasteiger partial charge in [-0.15, -0.1) is 0 Å². The SMILES string of the molecule is NCCCNCCCNCCCNCCCNCCCNCCCN. The molecule has 25 heavy (non-hydrogen) atoms. The summed E-state index contributed by atoms with van der Waals surface area (Å²) in [6.45, 7) is 12.4. The predicted octanol–water partition coefficient (Wildman–Crippen LogP) is -0.808. The van der Waals surface area contributed by atoms with E-state index in [2.05, 4.69) is 26.6 Å². The molecular weight excluding hydrogens is 314 g/mol. The van der Waals surface area contributed by atoms with E-state index in [4.69, 9.17) is 11.5 Å². The standard InChI is InChI=1S/C18H45N7/c19-7-1-9-21-11-3-13-23-15-5-17-25-18-6-16-24-14-4-12-22-10-2-8-20/h21-25H,1-20H2. The highest BCUT2D eigenvalue weighted by molar-refractivity contribution is 4.57. The fraction of sp³-hybridized carbons (Fsp3) is 1.00. The van der Waals surface area contributed by atoms with Crippen LogP contribution >= 0.6 is 0 Å². The van der Waals surface area contributed by atoms with Gasteiger partial charge in [-0.1, -0.05) is 0 Å². The van der Waals surface area contributed by atoms with Crippen LogP contribution < -0.4 is 38.1 Å². The topological polar surface area (TPSA) is 112 Å². The Hall–Kier alpha value is -0.280. The fourth-order valence-corrected chi connectivity index (χ4v) is 2.43. The van der Waals surface area contributed by atoms with E-state index >= 15 is 0 Å². The summed E-state index contributed by atoms with van der Waals surface area (Å²) in [4.78, 5) is 0. The maximum Gasteiger partial charge on any atom is -0.00368 e. The third-order valence-electron chi connectivity index (χ3n) is 3.94. The average molecular weight is 360 g/mol. The van der Waals surface area contributed by atoms with E-state index in [1.165, 1.54) is 25.7 Å². The average Bonchev–Trinajstić information content (AvgIpc) is 2.63. The molecular formula is C18H45N7. The van der Waals surface area contributed by atoms with Gasteiger partial charge in [0.05, 0.1) is 0 Å². The Labute approximate surface area is 155 Å². The molecule has 9 N–H and O–H groups in total. The minimum Gasteiger partial charge on any atom is -0.330 e. The minimum absolute atomic E-state index is 0.779. The molecule has 0 aromatic carbocycles. The minimum atomic E-state index is 0.779. The number of rotatable bonds is 22. The molecule has 0 fully saturated rings. The van der Waals surface area contributed by atoms with Gasteiger partial charge in [-0.25, -0.2) is 0 Å². The molecule has 152 valence electrons. The second-order valence-electron chi connectivity index (χ2n) is 6.45. The van der Waals surface area contributed by atoms with E-state index in [1.807, 2.05) is 0 Å². The molecule has 0 bridgehead atoms. The Morgan fingerprint density at radius 2 is 0.520 bits per heavy atom. The van der Waals surface area contributed by atoms with Crippen LogP contribution in [0.2, 0.25) is 0 Å². The third-order valence-corrected chi connectivity index (χ3v) is 3.94. The van der Waals surface area contributed by atoms with Crippen LogP contribution in [-0.2, 0) is 0 Å². The molecule has 0 saturated carbocycles. The first-order valence-electron chi connectivity index (χ1n) is 10.4. The van der Waals surface area contributed by atoms with Crippen LogP contribution in [-0.4, -0.2) is 78.5 Å². The monoisotopic (exact) mass is 359 g/mol. The molecule has 0 aliphatic heterocycles. The van der Waals surface area contributed by atoms with Crippen molar-refractivity contribution in [2.24, 2.45) is 11.5 Å². The van der Waals surface area contributed by atoms with Gasteiger partial charge in [0.1, 0.15) is 0 Å². The van der Waals surface area contributed by atoms with Crippen molar-refractivity contribution in [3.63, 3.8) is 0 Å². The van der Waals surface area contributed by atoms with Gasteiger partial charge in [0.2, 0.25) is 0 Å². The molecule has 0 heterocycles. The van der Waals surface area contributed by atoms with Gasteiger partial charge < -0.3 is 38.1 Å². The number of nitrogens with two attached hydrogens (primary N) is 2. The molecule has 0 aliphatic rings. The maximum absolute atomic E-state index is 5.45. The first kappa shape index (κ1) is 24.7. The van der Waals surface area contributed by atoms with Crippen LogP contribution in [0.4, 0.5) is 0 Å². The van der Waals surface area contributed by atoms with Crippen molar-refractivity contribution in [3.05, 3.63) is 0 Å². The van der Waals surface area contributed by atoms with Crippen LogP contribution in [0.1, 0.15) is 38.5 Å². The molecule has 0 rings (SSSR count). The Balaban J connectivity index is 2.94. The van der Waals surface area contributed by atoms with E-state index < -0.39 is 0 Å². The molecule has 0 aliphatic carbocycles. The molecule has 0 radical (unpaired) electrons. The molecule has 0 amide bonds. The first-order valence-corrected chi connectivity index (χ1v) is 10.4. The molecule has 0 saturated heterocycles. The van der Waals surface area contributed by atoms with Gasteiger partial charge in [0.15, 0.2) is 0 Å². The lowest BCUT2D eigenvalue weighted by molar-refractivity contribution is 0.542. The summed E-state index contributed by atoms with van der Waals surface area (Å²) in [5.41, 5.74) is 10.9. The number of hydrogen-bond donors (Lipinski definition) is 7. The zero-order chi connectivity index (χ0) is 18.3. The van der Waals surface area contributed by atoms with Crippen LogP contribution in [0.5, 0.6) is 0 Å². The highest BCUT2D eigenvalue weighted by Gasteiger charge is 1.92. The van der Waals surface area contributed by atoms with E-state index in [1.54, 1.807) is 0 Å². The second-order valence-corrected chi connectivity index (χ2v) is 6.45. The van der Waals surface area contributed by atoms with Gasteiger partial charge in [0, 0.05) is 0 Å². The van der Waals surface area contributed by atoms with Crippen molar-refractivity contribution in [3.8, 4) is 0 Å². The van der Waals surface area contributed by atoms with E-state index in [0.29, 0.717) is 0 Å². The highest BCUT2D eigenvalue weighted by atomic mass is 14.9. The smallest absolute Gasteiger partial charge is 0.00368 e. The molecule has 0 aromatic heterocycles. The van der Waals surface area contributed by atoms with Crippen LogP contribution in [0.25, 0.3) is 0 Å². The van der Waals surface area contributed by atoms with Crippen molar-refractivity contribution in [2.75, 3.05) is 78.5 Å². The van der Waals surface area contributed by atoms with Crippen LogP contribution in [0.3, 0.4) is 0 Å². The van der Waals surface area contributed by atoms with Gasteiger partial charge in [0.25, 0.3) is 0 Å². The lowest BCUT2D eigenvalue weighted by atomic mass is 10.3.